The normalized spacial score (nSPS) is 23.7. The predicted molar refractivity (Wildman–Crippen MR) is 56.4 cm³/mol. The van der Waals surface area contributed by atoms with Gasteiger partial charge in [0, 0.05) is 13.0 Å². The first kappa shape index (κ1) is 11.7. The van der Waals surface area contributed by atoms with Crippen LogP contribution in [0, 0.1) is 0 Å². The highest BCUT2D eigenvalue weighted by molar-refractivity contribution is 5.83. The molecule has 0 saturated carbocycles. The first-order valence-corrected chi connectivity index (χ1v) is 5.55. The summed E-state index contributed by atoms with van der Waals surface area (Å²) < 4.78 is 5.49. The number of ether oxygens (including phenoxy) is 1. The first-order valence-electron chi connectivity index (χ1n) is 5.55. The lowest BCUT2D eigenvalue weighted by atomic mass is 10.0. The molecule has 0 radical (unpaired) electrons. The second kappa shape index (κ2) is 6.14. The third-order valence-corrected chi connectivity index (χ3v) is 2.89. The molecule has 0 bridgehead atoms. The molecule has 3 heteroatoms. The Morgan fingerprint density at radius 2 is 2.43 bits per heavy atom. The number of likely N-dealkylation sites (N-methyl/N-ethyl adjacent to an activating group) is 1. The SMILES string of the molecule is CNC(C)C(=O)CCCC1CCCO1. The van der Waals surface area contributed by atoms with Crippen molar-refractivity contribution in [3.8, 4) is 0 Å². The Kier molecular flexibility index (Phi) is 5.12. The summed E-state index contributed by atoms with van der Waals surface area (Å²) in [5, 5.41) is 2.96. The second-order valence-electron chi connectivity index (χ2n) is 4.00. The van der Waals surface area contributed by atoms with E-state index in [-0.39, 0.29) is 6.04 Å². The lowest BCUT2D eigenvalue weighted by Gasteiger charge is -2.10. The summed E-state index contributed by atoms with van der Waals surface area (Å²) in [5.41, 5.74) is 0. The standard InChI is InChI=1S/C11H21NO2/c1-9(12-2)11(13)7-3-5-10-6-4-8-14-10/h9-10,12H,3-8H2,1-2H3. The van der Waals surface area contributed by atoms with Crippen LogP contribution in [-0.2, 0) is 9.53 Å². The average molecular weight is 199 g/mol. The highest BCUT2D eigenvalue weighted by atomic mass is 16.5. The molecular formula is C11H21NO2. The van der Waals surface area contributed by atoms with E-state index in [9.17, 15) is 4.79 Å². The number of Topliss-reactive ketones (excluding diaryl/α,β-unsaturated/α-hetero) is 1. The maximum absolute atomic E-state index is 11.4. The number of carbonyl (C=O) groups is 1. The lowest BCUT2D eigenvalue weighted by molar-refractivity contribution is -0.120. The molecule has 82 valence electrons. The van der Waals surface area contributed by atoms with E-state index in [1.54, 1.807) is 0 Å². The van der Waals surface area contributed by atoms with Crippen LogP contribution in [0.25, 0.3) is 0 Å². The highest BCUT2D eigenvalue weighted by Gasteiger charge is 2.16. The van der Waals surface area contributed by atoms with Crippen LogP contribution in [0.3, 0.4) is 0 Å². The molecule has 0 aromatic carbocycles. The van der Waals surface area contributed by atoms with Gasteiger partial charge in [0.2, 0.25) is 0 Å². The molecule has 2 atom stereocenters. The van der Waals surface area contributed by atoms with Crippen LogP contribution in [0.2, 0.25) is 0 Å². The van der Waals surface area contributed by atoms with Gasteiger partial charge in [0.15, 0.2) is 0 Å². The molecule has 0 aromatic rings. The Labute approximate surface area is 86.2 Å². The van der Waals surface area contributed by atoms with E-state index in [1.807, 2.05) is 14.0 Å². The molecule has 0 amide bonds. The Bertz CT molecular complexity index is 176. The first-order chi connectivity index (χ1) is 6.74. The third-order valence-electron chi connectivity index (χ3n) is 2.89. The van der Waals surface area contributed by atoms with Crippen LogP contribution < -0.4 is 5.32 Å². The van der Waals surface area contributed by atoms with Gasteiger partial charge in [-0.05, 0) is 39.7 Å². The monoisotopic (exact) mass is 199 g/mol. The van der Waals surface area contributed by atoms with Gasteiger partial charge in [-0.15, -0.1) is 0 Å². The van der Waals surface area contributed by atoms with Gasteiger partial charge < -0.3 is 10.1 Å². The highest BCUT2D eigenvalue weighted by Crippen LogP contribution is 2.17. The van der Waals surface area contributed by atoms with Crippen molar-refractivity contribution in [2.75, 3.05) is 13.7 Å². The summed E-state index contributed by atoms with van der Waals surface area (Å²) in [6.07, 6.45) is 5.48. The van der Waals surface area contributed by atoms with Crippen LogP contribution in [-0.4, -0.2) is 31.6 Å². The average Bonchev–Trinajstić information content (AvgIpc) is 2.69. The molecule has 1 aliphatic heterocycles. The number of ketones is 1. The fraction of sp³-hybridized carbons (Fsp3) is 0.909. The van der Waals surface area contributed by atoms with Crippen molar-refractivity contribution in [1.82, 2.24) is 5.32 Å². The zero-order valence-corrected chi connectivity index (χ0v) is 9.21. The lowest BCUT2D eigenvalue weighted by Crippen LogP contribution is -2.30. The summed E-state index contributed by atoms with van der Waals surface area (Å²) in [7, 11) is 1.82. The minimum Gasteiger partial charge on any atom is -0.378 e. The van der Waals surface area contributed by atoms with Gasteiger partial charge >= 0.3 is 0 Å². The number of hydrogen-bond acceptors (Lipinski definition) is 3. The van der Waals surface area contributed by atoms with Gasteiger partial charge in [-0.25, -0.2) is 0 Å². The van der Waals surface area contributed by atoms with E-state index in [0.29, 0.717) is 18.3 Å². The molecular weight excluding hydrogens is 178 g/mol. The van der Waals surface area contributed by atoms with E-state index in [1.165, 1.54) is 12.8 Å². The molecule has 0 aromatic heterocycles. The molecule has 1 saturated heterocycles. The smallest absolute Gasteiger partial charge is 0.149 e. The van der Waals surface area contributed by atoms with Crippen LogP contribution >= 0.6 is 0 Å². The summed E-state index contributed by atoms with van der Waals surface area (Å²) in [6.45, 7) is 2.82. The number of carbonyl (C=O) groups excluding carboxylic acids is 1. The maximum Gasteiger partial charge on any atom is 0.149 e. The van der Waals surface area contributed by atoms with Crippen LogP contribution in [0.5, 0.6) is 0 Å². The van der Waals surface area contributed by atoms with Crippen LogP contribution in [0.4, 0.5) is 0 Å². The Hall–Kier alpha value is -0.410. The molecule has 1 fully saturated rings. The third kappa shape index (κ3) is 3.76. The number of nitrogens with one attached hydrogen (secondary N) is 1. The van der Waals surface area contributed by atoms with E-state index in [2.05, 4.69) is 5.32 Å². The van der Waals surface area contributed by atoms with Crippen molar-refractivity contribution in [3.05, 3.63) is 0 Å². The van der Waals surface area contributed by atoms with E-state index in [4.69, 9.17) is 4.74 Å². The van der Waals surface area contributed by atoms with E-state index >= 15 is 0 Å². The zero-order valence-electron chi connectivity index (χ0n) is 9.21. The maximum atomic E-state index is 11.4. The van der Waals surface area contributed by atoms with Crippen LogP contribution in [0.1, 0.15) is 39.0 Å². The summed E-state index contributed by atoms with van der Waals surface area (Å²) in [6, 6.07) is -0.000466. The van der Waals surface area contributed by atoms with Gasteiger partial charge in [0.1, 0.15) is 5.78 Å². The molecule has 3 nitrogen and oxygen atoms in total. The van der Waals surface area contributed by atoms with Crippen molar-refractivity contribution in [3.63, 3.8) is 0 Å². The van der Waals surface area contributed by atoms with Gasteiger partial charge in [-0.1, -0.05) is 0 Å². The summed E-state index contributed by atoms with van der Waals surface area (Å²) >= 11 is 0. The number of rotatable bonds is 6. The quantitative estimate of drug-likeness (QED) is 0.704. The van der Waals surface area contributed by atoms with Crippen molar-refractivity contribution < 1.29 is 9.53 Å². The van der Waals surface area contributed by atoms with Crippen molar-refractivity contribution in [1.29, 1.82) is 0 Å². The van der Waals surface area contributed by atoms with Gasteiger partial charge in [0.05, 0.1) is 12.1 Å². The van der Waals surface area contributed by atoms with Crippen LogP contribution in [0.15, 0.2) is 0 Å². The van der Waals surface area contributed by atoms with Gasteiger partial charge in [0.25, 0.3) is 0 Å². The molecule has 0 spiro atoms. The Balaban J connectivity index is 2.05. The topological polar surface area (TPSA) is 38.3 Å². The largest absolute Gasteiger partial charge is 0.378 e. The Morgan fingerprint density at radius 3 is 3.00 bits per heavy atom. The summed E-state index contributed by atoms with van der Waals surface area (Å²) in [4.78, 5) is 11.4. The predicted octanol–water partition coefficient (Wildman–Crippen LogP) is 1.51. The fourth-order valence-corrected chi connectivity index (χ4v) is 1.75. The van der Waals surface area contributed by atoms with Gasteiger partial charge in [-0.3, -0.25) is 4.79 Å². The fourth-order valence-electron chi connectivity index (χ4n) is 1.75. The molecule has 1 rings (SSSR count). The van der Waals surface area contributed by atoms with Crippen molar-refractivity contribution in [2.24, 2.45) is 0 Å². The molecule has 2 unspecified atom stereocenters. The molecule has 1 N–H and O–H groups in total. The second-order valence-corrected chi connectivity index (χ2v) is 4.00. The molecule has 1 aliphatic rings. The summed E-state index contributed by atoms with van der Waals surface area (Å²) in [5.74, 6) is 0.311. The zero-order chi connectivity index (χ0) is 10.4. The van der Waals surface area contributed by atoms with E-state index in [0.717, 1.165) is 19.4 Å². The number of hydrogen-bond donors (Lipinski definition) is 1. The minimum atomic E-state index is -0.000466. The van der Waals surface area contributed by atoms with Gasteiger partial charge in [-0.2, -0.15) is 0 Å². The molecule has 1 heterocycles. The van der Waals surface area contributed by atoms with Crippen molar-refractivity contribution >= 4 is 5.78 Å². The molecule has 14 heavy (non-hydrogen) atoms. The van der Waals surface area contributed by atoms with E-state index < -0.39 is 0 Å². The minimum absolute atomic E-state index is 0.000466. The molecule has 0 aliphatic carbocycles. The van der Waals surface area contributed by atoms with Crippen molar-refractivity contribution in [2.45, 2.75) is 51.2 Å². The Morgan fingerprint density at radius 1 is 1.64 bits per heavy atom.